The van der Waals surface area contributed by atoms with Crippen LogP contribution in [0.5, 0.6) is 0 Å². The number of rotatable bonds is 10. The van der Waals surface area contributed by atoms with Gasteiger partial charge in [-0.3, -0.25) is 9.13 Å². The Kier molecular flexibility index (Phi) is 16.3. The highest BCUT2D eigenvalue weighted by molar-refractivity contribution is 6.30. The molecule has 0 bridgehead atoms. The van der Waals surface area contributed by atoms with Gasteiger partial charge in [0.15, 0.2) is 0 Å². The van der Waals surface area contributed by atoms with Gasteiger partial charge < -0.3 is 27.4 Å². The van der Waals surface area contributed by atoms with Gasteiger partial charge in [-0.2, -0.15) is 10.5 Å². The second-order valence-electron chi connectivity index (χ2n) is 34.0. The zero-order valence-electron chi connectivity index (χ0n) is 70.9. The summed E-state index contributed by atoms with van der Waals surface area (Å²) in [5.74, 6) is 1.53. The van der Waals surface area contributed by atoms with Crippen molar-refractivity contribution in [3.63, 3.8) is 0 Å². The van der Waals surface area contributed by atoms with Gasteiger partial charge >= 0.3 is 0 Å². The number of para-hydroxylation sites is 12. The number of benzene rings is 18. The normalized spacial score (nSPS) is 11.9. The third-order valence-corrected chi connectivity index (χ3v) is 27.3. The Morgan fingerprint density at radius 1 is 0.174 bits per heavy atom. The summed E-state index contributed by atoms with van der Waals surface area (Å²) in [7, 11) is 0. The molecule has 0 aliphatic heterocycles. The van der Waals surface area contributed by atoms with Crippen LogP contribution in [0.4, 0.5) is 0 Å². The lowest BCUT2D eigenvalue weighted by atomic mass is 9.99. The average Bonchev–Trinajstić information content (AvgIpc) is 1.61. The summed E-state index contributed by atoms with van der Waals surface area (Å²) in [6.07, 6.45) is 4.07. The third-order valence-electron chi connectivity index (χ3n) is 27.3. The number of fused-ring (bicyclic) bond motifs is 28. The van der Waals surface area contributed by atoms with E-state index in [2.05, 4.69) is 437 Å². The smallest absolute Gasteiger partial charge is 0.138 e. The topological polar surface area (TPSA) is 113 Å². The number of hydrogen-bond donors (Lipinski definition) is 0. The van der Waals surface area contributed by atoms with E-state index in [1.807, 2.05) is 48.8 Å². The SMILES string of the molecule is N#Cc1ccccc1-c1cc(-n2c3ccccc3c3ccc4c(c5ccccc5n4-c4ccccc4)c32)ncc1-n1c2ccccc2c2ccc3c(c4ccccc4n3-c3ccccc3)c21.N#Cc1ccccc1-c1cc(-n2c3ccccc3c3ccc4c5ccccc5n(-c5ccccc5)c4c32)ncc1-n1c2ccccc2c2ccc3c4ccccc4n(-c4ccccc4)c3c21. The van der Waals surface area contributed by atoms with E-state index in [1.54, 1.807) is 0 Å². The van der Waals surface area contributed by atoms with Crippen LogP contribution < -0.4 is 0 Å². The fourth-order valence-electron chi connectivity index (χ4n) is 21.9. The Bertz CT molecular complexity index is 9820. The van der Waals surface area contributed by atoms with Crippen molar-refractivity contribution in [1.82, 2.24) is 46.5 Å². The summed E-state index contributed by atoms with van der Waals surface area (Å²) in [6.45, 7) is 0. The van der Waals surface area contributed by atoms with E-state index in [0.717, 1.165) is 216 Å². The van der Waals surface area contributed by atoms with Gasteiger partial charge in [0.25, 0.3) is 0 Å². The number of aromatic nitrogens is 10. The van der Waals surface area contributed by atoms with Crippen molar-refractivity contribution in [3.8, 4) is 80.2 Å². The summed E-state index contributed by atoms with van der Waals surface area (Å²) in [4.78, 5) is 11.1. The van der Waals surface area contributed by atoms with E-state index >= 15 is 0 Å². The molecule has 12 heteroatoms. The maximum atomic E-state index is 10.8. The number of nitrogens with zero attached hydrogens (tertiary/aromatic N) is 12. The Morgan fingerprint density at radius 2 is 0.409 bits per heavy atom. The van der Waals surface area contributed by atoms with Crippen LogP contribution in [0.25, 0.3) is 242 Å². The van der Waals surface area contributed by atoms with Gasteiger partial charge in [-0.15, -0.1) is 0 Å². The zero-order valence-corrected chi connectivity index (χ0v) is 70.9. The maximum Gasteiger partial charge on any atom is 0.138 e. The second-order valence-corrected chi connectivity index (χ2v) is 34.0. The highest BCUT2D eigenvalue weighted by Gasteiger charge is 2.31. The molecule has 0 aliphatic rings. The first kappa shape index (κ1) is 73.9. The largest absolute Gasteiger partial charge is 0.309 e. The monoisotopic (exact) mass is 1680 g/mol. The van der Waals surface area contributed by atoms with Crippen molar-refractivity contribution in [3.05, 3.63) is 448 Å². The van der Waals surface area contributed by atoms with Gasteiger partial charge in [0.1, 0.15) is 11.6 Å². The summed E-state index contributed by atoms with van der Waals surface area (Å²) in [5, 5.41) is 40.1. The molecule has 18 aromatic carbocycles. The lowest BCUT2D eigenvalue weighted by Gasteiger charge is -2.18. The fraction of sp³-hybridized carbons (Fsp3) is 0. The molecule has 28 rings (SSSR count). The molecule has 0 amide bonds. The van der Waals surface area contributed by atoms with E-state index < -0.39 is 0 Å². The van der Waals surface area contributed by atoms with Crippen molar-refractivity contribution in [2.75, 3.05) is 0 Å². The summed E-state index contributed by atoms with van der Waals surface area (Å²) < 4.78 is 19.0. The van der Waals surface area contributed by atoms with Crippen LogP contribution in [0.2, 0.25) is 0 Å². The van der Waals surface area contributed by atoms with Gasteiger partial charge in [0, 0.05) is 131 Å². The Labute approximate surface area is 754 Å². The van der Waals surface area contributed by atoms with Gasteiger partial charge in [-0.05, 0) is 133 Å². The molecule has 612 valence electrons. The second kappa shape index (κ2) is 29.1. The zero-order chi connectivity index (χ0) is 86.9. The first-order valence-electron chi connectivity index (χ1n) is 44.6. The molecule has 0 saturated carbocycles. The van der Waals surface area contributed by atoms with Crippen LogP contribution in [0, 0.1) is 22.7 Å². The first-order valence-corrected chi connectivity index (χ1v) is 44.6. The van der Waals surface area contributed by atoms with Crippen LogP contribution in [0.15, 0.2) is 437 Å². The van der Waals surface area contributed by atoms with E-state index in [1.165, 1.54) is 26.9 Å². The van der Waals surface area contributed by atoms with Crippen molar-refractivity contribution in [2.24, 2.45) is 0 Å². The van der Waals surface area contributed by atoms with Crippen LogP contribution in [-0.2, 0) is 0 Å². The molecule has 12 nitrogen and oxygen atoms in total. The molecule has 0 spiro atoms. The number of hydrogen-bond acceptors (Lipinski definition) is 4. The predicted octanol–water partition coefficient (Wildman–Crippen LogP) is 30.0. The van der Waals surface area contributed by atoms with E-state index in [4.69, 9.17) is 9.97 Å². The molecular formula is C120H72N12. The highest BCUT2D eigenvalue weighted by atomic mass is 15.1. The molecule has 0 fully saturated rings. The Morgan fingerprint density at radius 3 is 0.758 bits per heavy atom. The molecule has 10 aromatic heterocycles. The van der Waals surface area contributed by atoms with Gasteiger partial charge in [-0.1, -0.05) is 291 Å². The quantitative estimate of drug-likeness (QED) is 0.136. The van der Waals surface area contributed by atoms with Gasteiger partial charge in [0.2, 0.25) is 0 Å². The van der Waals surface area contributed by atoms with E-state index in [0.29, 0.717) is 11.1 Å². The molecule has 0 saturated heterocycles. The Hall–Kier alpha value is -18.4. The summed E-state index contributed by atoms with van der Waals surface area (Å²) in [6, 6.07) is 155. The molecule has 28 aromatic rings. The van der Waals surface area contributed by atoms with Crippen molar-refractivity contribution < 1.29 is 0 Å². The lowest BCUT2D eigenvalue weighted by Crippen LogP contribution is -2.05. The van der Waals surface area contributed by atoms with Crippen molar-refractivity contribution in [2.45, 2.75) is 0 Å². The lowest BCUT2D eigenvalue weighted by molar-refractivity contribution is 1.05. The van der Waals surface area contributed by atoms with Crippen molar-refractivity contribution >= 4 is 174 Å². The fourth-order valence-corrected chi connectivity index (χ4v) is 21.9. The molecule has 0 atom stereocenters. The first-order chi connectivity index (χ1) is 65.5. The average molecular weight is 1680 g/mol. The summed E-state index contributed by atoms with van der Waals surface area (Å²) in [5.41, 5.74) is 28.4. The molecule has 0 radical (unpaired) electrons. The van der Waals surface area contributed by atoms with Crippen LogP contribution in [0.1, 0.15) is 11.1 Å². The standard InChI is InChI=1S/2C60H36N6/c61-36-38-17-7-8-22-41(38)48-35-56(66-50-28-14-10-24-43(50)45-32-34-54-58(60(45)66)47-26-12-16-30-52(47)64(54)40-20-5-2-6-21-40)62-37-55(48)65-49-27-13-9-23-42(49)44-31-33-53-57(59(44)65)46-25-11-15-29-51(46)63(53)39-18-3-1-4-19-39;61-36-38-17-7-8-22-41(38)50-35-56(66-54-30-16-12-26-45(54)49-34-32-47-43-24-10-14-28-52(43)64(58(47)60(49)66)40-20-5-2-6-21-40)62-37-55(50)65-53-29-15-11-25-44(53)48-33-31-46-42-23-9-13-27-51(42)63(57(46)59(48)65)39-18-3-1-4-19-39/h2*1-35,37H. The number of nitriles is 2. The minimum Gasteiger partial charge on any atom is -0.309 e. The molecule has 0 N–H and O–H groups in total. The predicted molar refractivity (Wildman–Crippen MR) is 543 cm³/mol. The molecule has 0 unspecified atom stereocenters. The van der Waals surface area contributed by atoms with Gasteiger partial charge in [0.05, 0.1) is 135 Å². The molecule has 132 heavy (non-hydrogen) atoms. The Balaban J connectivity index is 0.000000135. The molecule has 10 heterocycles. The maximum absolute atomic E-state index is 10.8. The van der Waals surface area contributed by atoms with Crippen LogP contribution >= 0.6 is 0 Å². The molecular weight excluding hydrogens is 1610 g/mol. The van der Waals surface area contributed by atoms with Crippen molar-refractivity contribution in [1.29, 1.82) is 10.5 Å². The summed E-state index contributed by atoms with van der Waals surface area (Å²) >= 11 is 0. The van der Waals surface area contributed by atoms with Crippen LogP contribution in [0.3, 0.4) is 0 Å². The van der Waals surface area contributed by atoms with Gasteiger partial charge in [-0.25, -0.2) is 9.97 Å². The molecule has 0 aliphatic carbocycles. The third kappa shape index (κ3) is 10.7. The number of pyridine rings is 2. The minimum absolute atomic E-state index is 0.592. The minimum atomic E-state index is 0.592. The van der Waals surface area contributed by atoms with Crippen LogP contribution in [-0.4, -0.2) is 46.5 Å². The van der Waals surface area contributed by atoms with E-state index in [9.17, 15) is 10.5 Å². The van der Waals surface area contributed by atoms with E-state index in [-0.39, 0.29) is 0 Å². The highest BCUT2D eigenvalue weighted by Crippen LogP contribution is 2.51.